The first-order valence-electron chi connectivity index (χ1n) is 6.66. The Bertz CT molecular complexity index is 787. The quantitative estimate of drug-likeness (QED) is 0.619. The van der Waals surface area contributed by atoms with E-state index in [2.05, 4.69) is 4.98 Å². The number of hydrogen-bond acceptors (Lipinski definition) is 2. The van der Waals surface area contributed by atoms with Crippen LogP contribution >= 0.6 is 0 Å². The van der Waals surface area contributed by atoms with Gasteiger partial charge in [-0.05, 0) is 29.8 Å². The molecule has 0 fully saturated rings. The van der Waals surface area contributed by atoms with Gasteiger partial charge >= 0.3 is 12.1 Å². The molecule has 0 spiro atoms. The van der Waals surface area contributed by atoms with Crippen molar-refractivity contribution in [3.63, 3.8) is 0 Å². The predicted molar refractivity (Wildman–Crippen MR) is 73.1 cm³/mol. The molecule has 0 atom stereocenters. The molecule has 1 heterocycles. The second-order valence-corrected chi connectivity index (χ2v) is 5.06. The fourth-order valence-corrected chi connectivity index (χ4v) is 2.17. The van der Waals surface area contributed by atoms with Gasteiger partial charge in [0, 0.05) is 6.42 Å². The zero-order chi connectivity index (χ0) is 16.7. The van der Waals surface area contributed by atoms with Crippen molar-refractivity contribution >= 4 is 11.1 Å². The lowest BCUT2D eigenvalue weighted by atomic mass is 10.0. The number of aromatic nitrogens is 1. The Morgan fingerprint density at radius 1 is 0.870 bits per heavy atom. The number of halogens is 5. The molecule has 1 aromatic heterocycles. The highest BCUT2D eigenvalue weighted by molar-refractivity contribution is 5.72. The highest BCUT2D eigenvalue weighted by Gasteiger charge is 2.38. The molecule has 0 unspecified atom stereocenters. The van der Waals surface area contributed by atoms with Crippen LogP contribution in [0.1, 0.15) is 17.0 Å². The van der Waals surface area contributed by atoms with Crippen LogP contribution in [0.25, 0.3) is 11.1 Å². The number of rotatable bonds is 3. The summed E-state index contributed by atoms with van der Waals surface area (Å²) >= 11 is 0. The fraction of sp³-hybridized carbons (Fsp3) is 0.188. The Labute approximate surface area is 127 Å². The Kier molecular flexibility index (Phi) is 3.58. The largest absolute Gasteiger partial charge is 0.435 e. The van der Waals surface area contributed by atoms with Crippen molar-refractivity contribution in [3.05, 3.63) is 65.5 Å². The van der Waals surface area contributed by atoms with E-state index in [1.54, 1.807) is 12.1 Å². The lowest BCUT2D eigenvalue weighted by Crippen LogP contribution is -2.17. The fourth-order valence-electron chi connectivity index (χ4n) is 2.17. The summed E-state index contributed by atoms with van der Waals surface area (Å²) in [7, 11) is 0. The summed E-state index contributed by atoms with van der Waals surface area (Å²) in [5.74, 6) is -4.17. The third-order valence-electron chi connectivity index (χ3n) is 3.31. The van der Waals surface area contributed by atoms with Gasteiger partial charge in [0.25, 0.3) is 5.89 Å². The zero-order valence-electron chi connectivity index (χ0n) is 11.6. The molecule has 0 aliphatic rings. The molecule has 0 bridgehead atoms. The third kappa shape index (κ3) is 3.18. The summed E-state index contributed by atoms with van der Waals surface area (Å²) in [6, 6.07) is 9.93. The second-order valence-electron chi connectivity index (χ2n) is 5.06. The predicted octanol–water partition coefficient (Wildman–Crippen LogP) is 5.18. The summed E-state index contributed by atoms with van der Waals surface area (Å²) in [4.78, 5) is 3.74. The average molecular weight is 327 g/mol. The summed E-state index contributed by atoms with van der Waals surface area (Å²) in [6.45, 7) is 0. The van der Waals surface area contributed by atoms with Crippen LogP contribution in [-0.2, 0) is 18.5 Å². The van der Waals surface area contributed by atoms with Crippen LogP contribution in [-0.4, -0.2) is 4.98 Å². The first kappa shape index (κ1) is 15.5. The molecule has 0 aliphatic heterocycles. The Hall–Kier alpha value is -2.44. The monoisotopic (exact) mass is 327 g/mol. The van der Waals surface area contributed by atoms with E-state index in [1.165, 1.54) is 12.1 Å². The number of hydrogen-bond donors (Lipinski definition) is 0. The van der Waals surface area contributed by atoms with Crippen LogP contribution in [0.15, 0.2) is 52.9 Å². The molecule has 7 heteroatoms. The molecule has 0 saturated heterocycles. The maximum absolute atomic E-state index is 14.2. The van der Waals surface area contributed by atoms with E-state index in [4.69, 9.17) is 4.42 Å². The maximum Gasteiger partial charge on any atom is 0.416 e. The van der Waals surface area contributed by atoms with Gasteiger partial charge in [-0.25, -0.2) is 4.98 Å². The van der Waals surface area contributed by atoms with Crippen LogP contribution in [0.5, 0.6) is 0 Å². The molecule has 0 amide bonds. The van der Waals surface area contributed by atoms with Crippen LogP contribution in [0, 0.1) is 0 Å². The molecule has 0 radical (unpaired) electrons. The van der Waals surface area contributed by atoms with E-state index in [0.29, 0.717) is 5.52 Å². The average Bonchev–Trinajstić information content (AvgIpc) is 2.91. The molecule has 2 aromatic carbocycles. The van der Waals surface area contributed by atoms with Crippen LogP contribution in [0.4, 0.5) is 22.0 Å². The second kappa shape index (κ2) is 5.33. The van der Waals surface area contributed by atoms with Gasteiger partial charge in [-0.1, -0.05) is 24.3 Å². The lowest BCUT2D eigenvalue weighted by molar-refractivity contribution is -0.137. The number of benzene rings is 2. The first-order chi connectivity index (χ1) is 10.8. The summed E-state index contributed by atoms with van der Waals surface area (Å²) in [5, 5.41) is 0. The van der Waals surface area contributed by atoms with E-state index < -0.39 is 30.0 Å². The maximum atomic E-state index is 14.2. The van der Waals surface area contributed by atoms with Gasteiger partial charge < -0.3 is 4.42 Å². The van der Waals surface area contributed by atoms with Crippen molar-refractivity contribution in [2.45, 2.75) is 18.5 Å². The lowest BCUT2D eigenvalue weighted by Gasteiger charge is -2.13. The molecule has 0 aliphatic carbocycles. The van der Waals surface area contributed by atoms with Crippen LogP contribution in [0.3, 0.4) is 0 Å². The topological polar surface area (TPSA) is 26.0 Å². The van der Waals surface area contributed by atoms with E-state index in [-0.39, 0.29) is 11.1 Å². The van der Waals surface area contributed by atoms with Crippen LogP contribution in [0.2, 0.25) is 0 Å². The molecule has 120 valence electrons. The Morgan fingerprint density at radius 2 is 1.52 bits per heavy atom. The van der Waals surface area contributed by atoms with E-state index in [0.717, 1.165) is 24.3 Å². The van der Waals surface area contributed by atoms with Gasteiger partial charge in [0.05, 0.1) is 5.56 Å². The number of fused-ring (bicyclic) bond motifs is 1. The highest BCUT2D eigenvalue weighted by Crippen LogP contribution is 2.34. The van der Waals surface area contributed by atoms with Crippen molar-refractivity contribution in [1.82, 2.24) is 4.98 Å². The minimum Gasteiger partial charge on any atom is -0.435 e. The van der Waals surface area contributed by atoms with E-state index in [1.807, 2.05) is 0 Å². The van der Waals surface area contributed by atoms with Gasteiger partial charge in [-0.3, -0.25) is 0 Å². The van der Waals surface area contributed by atoms with E-state index in [9.17, 15) is 22.0 Å². The normalized spacial score (nSPS) is 12.7. The highest BCUT2D eigenvalue weighted by atomic mass is 19.4. The molecule has 3 aromatic rings. The SMILES string of the molecule is FC(F)(F)c1ccc(CC(F)(F)c2nc3ccccc3o2)cc1. The van der Waals surface area contributed by atoms with Gasteiger partial charge in [-0.2, -0.15) is 22.0 Å². The summed E-state index contributed by atoms with van der Waals surface area (Å²) in [5.41, 5.74) is -0.291. The molecular formula is C16H10F5NO. The summed E-state index contributed by atoms with van der Waals surface area (Å²) < 4.78 is 70.9. The van der Waals surface area contributed by atoms with Gasteiger partial charge in [-0.15, -0.1) is 0 Å². The van der Waals surface area contributed by atoms with Crippen LogP contribution < -0.4 is 0 Å². The smallest absolute Gasteiger partial charge is 0.416 e. The molecule has 3 rings (SSSR count). The van der Waals surface area contributed by atoms with Gasteiger partial charge in [0.15, 0.2) is 5.58 Å². The van der Waals surface area contributed by atoms with Crippen molar-refractivity contribution < 1.29 is 26.4 Å². The number of para-hydroxylation sites is 2. The standard InChI is InChI=1S/C16H10F5NO/c17-15(18,14-22-12-3-1-2-4-13(12)23-14)9-10-5-7-11(8-6-10)16(19,20)21/h1-8H,9H2. The number of alkyl halides is 5. The minimum absolute atomic E-state index is 0.0604. The summed E-state index contributed by atoms with van der Waals surface area (Å²) in [6.07, 6.45) is -5.29. The minimum atomic E-state index is -4.50. The third-order valence-corrected chi connectivity index (χ3v) is 3.31. The van der Waals surface area contributed by atoms with Crippen molar-refractivity contribution in [2.75, 3.05) is 0 Å². The molecule has 2 nitrogen and oxygen atoms in total. The van der Waals surface area contributed by atoms with Crippen molar-refractivity contribution in [1.29, 1.82) is 0 Å². The zero-order valence-corrected chi connectivity index (χ0v) is 11.6. The van der Waals surface area contributed by atoms with Gasteiger partial charge in [0.1, 0.15) is 5.52 Å². The molecular weight excluding hydrogens is 317 g/mol. The Morgan fingerprint density at radius 3 is 2.13 bits per heavy atom. The van der Waals surface area contributed by atoms with E-state index >= 15 is 0 Å². The molecule has 23 heavy (non-hydrogen) atoms. The van der Waals surface area contributed by atoms with Gasteiger partial charge in [0.2, 0.25) is 0 Å². The number of oxazole rings is 1. The number of nitrogens with zero attached hydrogens (tertiary/aromatic N) is 1. The molecule has 0 N–H and O–H groups in total. The Balaban J connectivity index is 1.85. The first-order valence-corrected chi connectivity index (χ1v) is 6.66. The van der Waals surface area contributed by atoms with Crippen molar-refractivity contribution in [2.24, 2.45) is 0 Å². The molecule has 0 saturated carbocycles. The van der Waals surface area contributed by atoms with Crippen molar-refractivity contribution in [3.8, 4) is 0 Å².